The molecule has 0 bridgehead atoms. The van der Waals surface area contributed by atoms with Gasteiger partial charge >= 0.3 is 0 Å². The largest absolute Gasteiger partial charge is 0.377 e. The van der Waals surface area contributed by atoms with Gasteiger partial charge in [0, 0.05) is 17.5 Å². The third-order valence-electron chi connectivity index (χ3n) is 7.13. The molecule has 194 valence electrons. The quantitative estimate of drug-likeness (QED) is 0.470. The van der Waals surface area contributed by atoms with E-state index in [0.717, 1.165) is 27.9 Å². The number of hydrogen-bond acceptors (Lipinski definition) is 6. The van der Waals surface area contributed by atoms with E-state index >= 15 is 0 Å². The molecule has 1 atom stereocenters. The van der Waals surface area contributed by atoms with Gasteiger partial charge in [0.1, 0.15) is 0 Å². The molecule has 3 aromatic rings. The van der Waals surface area contributed by atoms with Crippen LogP contribution in [0.5, 0.6) is 0 Å². The molecule has 1 amide bonds. The summed E-state index contributed by atoms with van der Waals surface area (Å²) in [5.41, 5.74) is 5.02. The van der Waals surface area contributed by atoms with Gasteiger partial charge in [-0.15, -0.1) is 0 Å². The molecule has 1 aliphatic heterocycles. The summed E-state index contributed by atoms with van der Waals surface area (Å²) in [6.45, 7) is 4.32. The molecule has 0 aromatic heterocycles. The first kappa shape index (κ1) is 25.5. The number of rotatable bonds is 6. The van der Waals surface area contributed by atoms with Crippen molar-refractivity contribution in [2.24, 2.45) is 5.41 Å². The van der Waals surface area contributed by atoms with Crippen LogP contribution in [0, 0.1) is 5.41 Å². The van der Waals surface area contributed by atoms with E-state index in [1.807, 2.05) is 30.3 Å². The fourth-order valence-electron chi connectivity index (χ4n) is 4.94. The van der Waals surface area contributed by atoms with Gasteiger partial charge < -0.3 is 5.32 Å². The standard InChI is InChI=1S/C28H30N2O5S2/c1-28(2)17-22-16-21(27(31)30-37(34,35)24-12-13-24)9-14-25(22)29-26(28)20-6-4-5-19(15-20)18-7-10-23(11-8-18)36(3,32)33/h4-11,14-16,24,26,29H,12-13,17H2,1-3H3,(H,30,31). The van der Waals surface area contributed by atoms with E-state index in [1.165, 1.54) is 6.26 Å². The second-order valence-corrected chi connectivity index (χ2v) is 14.7. The number of fused-ring (bicyclic) bond motifs is 1. The van der Waals surface area contributed by atoms with E-state index in [1.54, 1.807) is 24.3 Å². The summed E-state index contributed by atoms with van der Waals surface area (Å²) in [5, 5.41) is 3.17. The first-order valence-corrected chi connectivity index (χ1v) is 15.6. The highest BCUT2D eigenvalue weighted by molar-refractivity contribution is 7.91. The molecule has 1 unspecified atom stereocenters. The predicted molar refractivity (Wildman–Crippen MR) is 145 cm³/mol. The molecular formula is C28H30N2O5S2. The van der Waals surface area contributed by atoms with Crippen LogP contribution in [0.3, 0.4) is 0 Å². The van der Waals surface area contributed by atoms with Crippen LogP contribution in [0.1, 0.15) is 54.2 Å². The van der Waals surface area contributed by atoms with Crippen molar-refractivity contribution in [3.05, 3.63) is 83.4 Å². The maximum atomic E-state index is 12.6. The zero-order chi connectivity index (χ0) is 26.6. The van der Waals surface area contributed by atoms with Crippen LogP contribution < -0.4 is 10.0 Å². The van der Waals surface area contributed by atoms with Gasteiger partial charge in [-0.05, 0) is 83.3 Å². The van der Waals surface area contributed by atoms with Gasteiger partial charge in [0.15, 0.2) is 9.84 Å². The minimum absolute atomic E-state index is 0.00911. The summed E-state index contributed by atoms with van der Waals surface area (Å²) >= 11 is 0. The molecule has 9 heteroatoms. The average molecular weight is 539 g/mol. The van der Waals surface area contributed by atoms with Crippen LogP contribution in [0.25, 0.3) is 11.1 Å². The molecule has 0 radical (unpaired) electrons. The van der Waals surface area contributed by atoms with Crippen LogP contribution >= 0.6 is 0 Å². The number of carbonyl (C=O) groups excluding carboxylic acids is 1. The Morgan fingerprint density at radius 3 is 2.27 bits per heavy atom. The fourth-order valence-corrected chi connectivity index (χ4v) is 6.87. The Hall–Kier alpha value is -3.17. The second kappa shape index (κ2) is 8.99. The van der Waals surface area contributed by atoms with Crippen molar-refractivity contribution < 1.29 is 21.6 Å². The Kier molecular flexibility index (Phi) is 6.19. The maximum Gasteiger partial charge on any atom is 0.264 e. The number of benzene rings is 3. The van der Waals surface area contributed by atoms with E-state index in [4.69, 9.17) is 0 Å². The van der Waals surface area contributed by atoms with Gasteiger partial charge in [0.2, 0.25) is 10.0 Å². The lowest BCUT2D eigenvalue weighted by atomic mass is 9.72. The highest BCUT2D eigenvalue weighted by atomic mass is 32.2. The molecule has 3 aromatic carbocycles. The zero-order valence-electron chi connectivity index (χ0n) is 21.0. The molecule has 2 N–H and O–H groups in total. The number of sulfonamides is 1. The molecule has 37 heavy (non-hydrogen) atoms. The van der Waals surface area contributed by atoms with Gasteiger partial charge in [-0.25, -0.2) is 21.6 Å². The first-order chi connectivity index (χ1) is 17.3. The van der Waals surface area contributed by atoms with Crippen molar-refractivity contribution in [3.63, 3.8) is 0 Å². The Labute approximate surface area is 218 Å². The summed E-state index contributed by atoms with van der Waals surface area (Å²) in [5.74, 6) is -0.593. The Morgan fingerprint density at radius 1 is 0.919 bits per heavy atom. The Balaban J connectivity index is 1.40. The van der Waals surface area contributed by atoms with Crippen molar-refractivity contribution in [3.8, 4) is 11.1 Å². The lowest BCUT2D eigenvalue weighted by Gasteiger charge is -2.41. The topological polar surface area (TPSA) is 109 Å². The van der Waals surface area contributed by atoms with E-state index < -0.39 is 31.0 Å². The van der Waals surface area contributed by atoms with Crippen molar-refractivity contribution in [1.82, 2.24) is 4.72 Å². The molecule has 0 spiro atoms. The van der Waals surface area contributed by atoms with Crippen molar-refractivity contribution in [2.45, 2.75) is 49.3 Å². The van der Waals surface area contributed by atoms with E-state index in [0.29, 0.717) is 24.8 Å². The third-order valence-corrected chi connectivity index (χ3v) is 10.1. The minimum Gasteiger partial charge on any atom is -0.377 e. The molecule has 1 aliphatic carbocycles. The monoisotopic (exact) mass is 538 g/mol. The highest BCUT2D eigenvalue weighted by Gasteiger charge is 2.38. The Morgan fingerprint density at radius 2 is 1.62 bits per heavy atom. The highest BCUT2D eigenvalue weighted by Crippen LogP contribution is 2.45. The van der Waals surface area contributed by atoms with Crippen molar-refractivity contribution in [1.29, 1.82) is 0 Å². The van der Waals surface area contributed by atoms with Gasteiger partial charge in [-0.3, -0.25) is 4.79 Å². The molecule has 2 aliphatic rings. The van der Waals surface area contributed by atoms with Gasteiger partial charge in [0.25, 0.3) is 5.91 Å². The summed E-state index contributed by atoms with van der Waals surface area (Å²) in [6, 6.07) is 20.3. The lowest BCUT2D eigenvalue weighted by Crippen LogP contribution is -2.36. The van der Waals surface area contributed by atoms with E-state index in [-0.39, 0.29) is 16.4 Å². The second-order valence-electron chi connectivity index (χ2n) is 10.7. The van der Waals surface area contributed by atoms with E-state index in [2.05, 4.69) is 36.0 Å². The van der Waals surface area contributed by atoms with E-state index in [9.17, 15) is 21.6 Å². The first-order valence-electron chi connectivity index (χ1n) is 12.2. The minimum atomic E-state index is -3.61. The molecule has 5 rings (SSSR count). The number of hydrogen-bond donors (Lipinski definition) is 2. The van der Waals surface area contributed by atoms with Gasteiger partial charge in [0.05, 0.1) is 16.2 Å². The SMILES string of the molecule is CC1(C)Cc2cc(C(=O)NS(=O)(=O)C3CC3)ccc2NC1c1cccc(-c2ccc(S(C)(=O)=O)cc2)c1. The summed E-state index contributed by atoms with van der Waals surface area (Å²) in [7, 11) is -6.86. The van der Waals surface area contributed by atoms with Gasteiger partial charge in [-0.2, -0.15) is 0 Å². The van der Waals surface area contributed by atoms with Crippen LogP contribution in [-0.4, -0.2) is 34.2 Å². The van der Waals surface area contributed by atoms with Crippen LogP contribution in [0.15, 0.2) is 71.6 Å². The lowest BCUT2D eigenvalue weighted by molar-refractivity contribution is 0.0981. The van der Waals surface area contributed by atoms with Crippen LogP contribution in [0.2, 0.25) is 0 Å². The third kappa shape index (κ3) is 5.29. The fraction of sp³-hybridized carbons (Fsp3) is 0.321. The molecule has 1 fully saturated rings. The van der Waals surface area contributed by atoms with Crippen molar-refractivity contribution in [2.75, 3.05) is 11.6 Å². The maximum absolute atomic E-state index is 12.6. The normalized spacial score (nSPS) is 18.9. The predicted octanol–water partition coefficient (Wildman–Crippen LogP) is 4.71. The number of sulfone groups is 1. The number of carbonyl (C=O) groups is 1. The number of amides is 1. The van der Waals surface area contributed by atoms with Crippen LogP contribution in [0.4, 0.5) is 5.69 Å². The molecule has 1 heterocycles. The van der Waals surface area contributed by atoms with Gasteiger partial charge in [-0.1, -0.05) is 44.2 Å². The Bertz CT molecular complexity index is 1590. The summed E-state index contributed by atoms with van der Waals surface area (Å²) in [6.07, 6.45) is 3.09. The summed E-state index contributed by atoms with van der Waals surface area (Å²) in [4.78, 5) is 12.9. The summed E-state index contributed by atoms with van der Waals surface area (Å²) < 4.78 is 50.2. The molecule has 0 saturated heterocycles. The smallest absolute Gasteiger partial charge is 0.264 e. The van der Waals surface area contributed by atoms with Crippen molar-refractivity contribution >= 4 is 31.5 Å². The number of anilines is 1. The zero-order valence-corrected chi connectivity index (χ0v) is 22.6. The molecule has 7 nitrogen and oxygen atoms in total. The molecule has 1 saturated carbocycles. The van der Waals surface area contributed by atoms with Crippen LogP contribution in [-0.2, 0) is 26.3 Å². The molecular weight excluding hydrogens is 508 g/mol. The average Bonchev–Trinajstić information content (AvgIpc) is 3.68. The number of nitrogens with one attached hydrogen (secondary N) is 2.